The molecule has 1 amide bonds. The number of methoxy groups -OCH3 is 2. The molecule has 0 aliphatic carbocycles. The van der Waals surface area contributed by atoms with E-state index in [0.717, 1.165) is 49.4 Å². The zero-order valence-corrected chi connectivity index (χ0v) is 16.0. The number of carbonyl (C=O) groups is 1. The number of hydrogen-bond donors (Lipinski definition) is 1. The van der Waals surface area contributed by atoms with Crippen LogP contribution < -0.4 is 14.8 Å². The molecule has 2 aliphatic rings. The quantitative estimate of drug-likeness (QED) is 0.904. The van der Waals surface area contributed by atoms with Crippen molar-refractivity contribution < 1.29 is 14.3 Å². The molecule has 5 nitrogen and oxygen atoms in total. The Hall–Kier alpha value is -2.53. The fraction of sp³-hybridized carbons (Fsp3) is 0.409. The Morgan fingerprint density at radius 3 is 2.63 bits per heavy atom. The molecule has 1 atom stereocenters. The maximum absolute atomic E-state index is 13.1. The van der Waals surface area contributed by atoms with Gasteiger partial charge in [0.2, 0.25) is 5.91 Å². The minimum Gasteiger partial charge on any atom is -0.493 e. The second kappa shape index (κ2) is 7.24. The highest BCUT2D eigenvalue weighted by molar-refractivity contribution is 5.87. The van der Waals surface area contributed by atoms with E-state index in [0.29, 0.717) is 6.54 Å². The van der Waals surface area contributed by atoms with Crippen LogP contribution in [-0.2, 0) is 24.3 Å². The lowest BCUT2D eigenvalue weighted by atomic mass is 9.86. The average molecular weight is 366 g/mol. The number of nitrogens with one attached hydrogen (secondary N) is 1. The largest absolute Gasteiger partial charge is 0.493 e. The van der Waals surface area contributed by atoms with Gasteiger partial charge in [-0.2, -0.15) is 0 Å². The Labute approximate surface area is 160 Å². The number of benzene rings is 2. The molecule has 2 aromatic carbocycles. The highest BCUT2D eigenvalue weighted by Crippen LogP contribution is 2.37. The molecule has 0 aromatic heterocycles. The molecule has 142 valence electrons. The van der Waals surface area contributed by atoms with Crippen LogP contribution in [0.3, 0.4) is 0 Å². The summed E-state index contributed by atoms with van der Waals surface area (Å²) in [7, 11) is 3.29. The van der Waals surface area contributed by atoms with Gasteiger partial charge in [-0.05, 0) is 48.2 Å². The summed E-state index contributed by atoms with van der Waals surface area (Å²) in [6.45, 7) is 2.25. The third-order valence-electron chi connectivity index (χ3n) is 5.91. The van der Waals surface area contributed by atoms with Crippen molar-refractivity contribution in [2.24, 2.45) is 0 Å². The molecule has 2 aromatic rings. The fourth-order valence-electron chi connectivity index (χ4n) is 4.46. The third-order valence-corrected chi connectivity index (χ3v) is 5.91. The van der Waals surface area contributed by atoms with Crippen molar-refractivity contribution in [3.63, 3.8) is 0 Å². The summed E-state index contributed by atoms with van der Waals surface area (Å²) < 4.78 is 10.8. The molecular weight excluding hydrogens is 340 g/mol. The van der Waals surface area contributed by atoms with Crippen LogP contribution in [0.15, 0.2) is 42.5 Å². The first kappa shape index (κ1) is 17.9. The van der Waals surface area contributed by atoms with E-state index >= 15 is 0 Å². The summed E-state index contributed by atoms with van der Waals surface area (Å²) in [5.74, 6) is 1.59. The zero-order valence-electron chi connectivity index (χ0n) is 16.0. The Bertz CT molecular complexity index is 851. The summed E-state index contributed by atoms with van der Waals surface area (Å²) in [6.07, 6.45) is 2.69. The number of nitrogens with zero attached hydrogens (tertiary/aromatic N) is 1. The van der Waals surface area contributed by atoms with Crippen LogP contribution in [0.1, 0.15) is 29.5 Å². The van der Waals surface area contributed by atoms with Gasteiger partial charge < -0.3 is 14.8 Å². The van der Waals surface area contributed by atoms with Crippen LogP contribution in [0.4, 0.5) is 0 Å². The van der Waals surface area contributed by atoms with Gasteiger partial charge in [-0.25, -0.2) is 0 Å². The minimum absolute atomic E-state index is 0.150. The van der Waals surface area contributed by atoms with E-state index in [1.165, 1.54) is 11.1 Å². The van der Waals surface area contributed by atoms with Gasteiger partial charge >= 0.3 is 0 Å². The molecule has 1 unspecified atom stereocenters. The van der Waals surface area contributed by atoms with Gasteiger partial charge in [0, 0.05) is 19.5 Å². The molecular formula is C22H26N2O3. The highest BCUT2D eigenvalue weighted by Gasteiger charge is 2.48. The summed E-state index contributed by atoms with van der Waals surface area (Å²) >= 11 is 0. The van der Waals surface area contributed by atoms with Gasteiger partial charge in [-0.15, -0.1) is 0 Å². The van der Waals surface area contributed by atoms with Gasteiger partial charge in [0.15, 0.2) is 11.5 Å². The number of amides is 1. The topological polar surface area (TPSA) is 50.8 Å². The fourth-order valence-corrected chi connectivity index (χ4v) is 4.46. The Balaban J connectivity index is 1.64. The van der Waals surface area contributed by atoms with E-state index in [1.54, 1.807) is 14.2 Å². The smallest absolute Gasteiger partial charge is 0.241 e. The van der Waals surface area contributed by atoms with Crippen molar-refractivity contribution >= 4 is 5.91 Å². The minimum atomic E-state index is -0.472. The van der Waals surface area contributed by atoms with Gasteiger partial charge in [-0.1, -0.05) is 30.3 Å². The predicted molar refractivity (Wildman–Crippen MR) is 104 cm³/mol. The predicted octanol–water partition coefficient (Wildman–Crippen LogP) is 2.91. The van der Waals surface area contributed by atoms with Crippen molar-refractivity contribution in [3.8, 4) is 11.5 Å². The first-order valence-electron chi connectivity index (χ1n) is 9.47. The maximum Gasteiger partial charge on any atom is 0.241 e. The summed E-state index contributed by atoms with van der Waals surface area (Å²) in [6, 6.07) is 14.4. The summed E-state index contributed by atoms with van der Waals surface area (Å²) in [5.41, 5.74) is 3.15. The van der Waals surface area contributed by atoms with E-state index in [9.17, 15) is 4.79 Å². The molecule has 1 fully saturated rings. The number of hydrogen-bond acceptors (Lipinski definition) is 4. The monoisotopic (exact) mass is 366 g/mol. The lowest BCUT2D eigenvalue weighted by Gasteiger charge is -2.36. The van der Waals surface area contributed by atoms with Crippen LogP contribution in [0.25, 0.3) is 0 Å². The SMILES string of the molecule is COc1ccc(CN2CCCC23Cc2ccccc2CNC3=O)cc1OC. The van der Waals surface area contributed by atoms with E-state index < -0.39 is 5.54 Å². The highest BCUT2D eigenvalue weighted by atomic mass is 16.5. The Kier molecular flexibility index (Phi) is 4.79. The second-order valence-corrected chi connectivity index (χ2v) is 7.37. The maximum atomic E-state index is 13.1. The zero-order chi connectivity index (χ0) is 18.9. The number of ether oxygens (including phenoxy) is 2. The summed E-state index contributed by atoms with van der Waals surface area (Å²) in [5, 5.41) is 3.16. The van der Waals surface area contributed by atoms with Crippen LogP contribution in [0.5, 0.6) is 11.5 Å². The van der Waals surface area contributed by atoms with Crippen LogP contribution in [0.2, 0.25) is 0 Å². The molecule has 1 saturated heterocycles. The van der Waals surface area contributed by atoms with E-state index in [2.05, 4.69) is 34.5 Å². The molecule has 1 N–H and O–H groups in total. The second-order valence-electron chi connectivity index (χ2n) is 7.37. The van der Waals surface area contributed by atoms with E-state index in [4.69, 9.17) is 9.47 Å². The number of fused-ring (bicyclic) bond motifs is 1. The molecule has 0 saturated carbocycles. The van der Waals surface area contributed by atoms with E-state index in [-0.39, 0.29) is 5.91 Å². The van der Waals surface area contributed by atoms with Crippen molar-refractivity contribution in [2.75, 3.05) is 20.8 Å². The Morgan fingerprint density at radius 2 is 1.85 bits per heavy atom. The standard InChI is InChI=1S/C22H26N2O3/c1-26-19-9-8-16(12-20(19)27-2)15-24-11-5-10-22(24)13-17-6-3-4-7-18(17)14-23-21(22)25/h3-4,6-9,12H,5,10-11,13-15H2,1-2H3,(H,23,25). The number of likely N-dealkylation sites (tertiary alicyclic amines) is 1. The van der Waals surface area contributed by atoms with Crippen LogP contribution in [-0.4, -0.2) is 37.1 Å². The summed E-state index contributed by atoms with van der Waals surface area (Å²) in [4.78, 5) is 15.5. The lowest BCUT2D eigenvalue weighted by molar-refractivity contribution is -0.132. The molecule has 2 aliphatic heterocycles. The molecule has 4 rings (SSSR count). The first-order valence-corrected chi connectivity index (χ1v) is 9.47. The van der Waals surface area contributed by atoms with Crippen molar-refractivity contribution in [3.05, 3.63) is 59.2 Å². The third kappa shape index (κ3) is 3.16. The van der Waals surface area contributed by atoms with Gasteiger partial charge in [0.05, 0.1) is 14.2 Å². The normalized spacial score (nSPS) is 22.2. The van der Waals surface area contributed by atoms with Crippen LogP contribution >= 0.6 is 0 Å². The first-order chi connectivity index (χ1) is 13.2. The van der Waals surface area contributed by atoms with Crippen molar-refractivity contribution in [1.82, 2.24) is 10.2 Å². The van der Waals surface area contributed by atoms with Crippen molar-refractivity contribution in [2.45, 2.75) is 37.9 Å². The van der Waals surface area contributed by atoms with Gasteiger partial charge in [0.1, 0.15) is 5.54 Å². The number of carbonyl (C=O) groups excluding carboxylic acids is 1. The lowest BCUT2D eigenvalue weighted by Crippen LogP contribution is -2.55. The molecule has 1 spiro atoms. The average Bonchev–Trinajstić information content (AvgIpc) is 3.03. The Morgan fingerprint density at radius 1 is 1.07 bits per heavy atom. The molecule has 2 heterocycles. The van der Waals surface area contributed by atoms with E-state index in [1.807, 2.05) is 18.2 Å². The van der Waals surface area contributed by atoms with Gasteiger partial charge in [0.25, 0.3) is 0 Å². The van der Waals surface area contributed by atoms with Crippen LogP contribution in [0, 0.1) is 0 Å². The molecule has 0 radical (unpaired) electrons. The molecule has 27 heavy (non-hydrogen) atoms. The van der Waals surface area contributed by atoms with Crippen molar-refractivity contribution in [1.29, 1.82) is 0 Å². The molecule has 5 heteroatoms. The van der Waals surface area contributed by atoms with Gasteiger partial charge in [-0.3, -0.25) is 9.69 Å². The molecule has 0 bridgehead atoms. The number of rotatable bonds is 4.